The van der Waals surface area contributed by atoms with Crippen molar-refractivity contribution in [2.45, 2.75) is 59.3 Å². The highest BCUT2D eigenvalue weighted by atomic mass is 35.5. The van der Waals surface area contributed by atoms with Gasteiger partial charge in [0.25, 0.3) is 0 Å². The SMILES string of the molecule is COC(=O)CCc1cc2[nH]c1cc1[nH]c(cc3nc(cc4nc(c2Cl)C(C)=C4CCCl)C(C)=C3CCCl)c(C)c1CCC(=O)OC. The number of carbonyl (C=O) groups is 2. The zero-order valence-electron chi connectivity index (χ0n) is 26.6. The summed E-state index contributed by atoms with van der Waals surface area (Å²) in [5.41, 5.74) is 13.1. The van der Waals surface area contributed by atoms with Crippen LogP contribution in [-0.4, -0.2) is 57.9 Å². The molecule has 2 aliphatic rings. The first kappa shape index (κ1) is 33.8. The number of esters is 2. The van der Waals surface area contributed by atoms with Gasteiger partial charge in [0, 0.05) is 41.2 Å². The summed E-state index contributed by atoms with van der Waals surface area (Å²) in [7, 11) is 2.77. The van der Waals surface area contributed by atoms with Crippen LogP contribution in [0.3, 0.4) is 0 Å². The molecule has 11 heteroatoms. The monoisotopic (exact) mass is 682 g/mol. The zero-order valence-corrected chi connectivity index (χ0v) is 28.9. The molecule has 0 fully saturated rings. The minimum absolute atomic E-state index is 0.199. The number of halogens is 3. The van der Waals surface area contributed by atoms with Crippen molar-refractivity contribution in [3.8, 4) is 0 Å². The van der Waals surface area contributed by atoms with Gasteiger partial charge in [-0.2, -0.15) is 0 Å². The smallest absolute Gasteiger partial charge is 0.305 e. The van der Waals surface area contributed by atoms with Crippen LogP contribution in [0.5, 0.6) is 0 Å². The number of methoxy groups -OCH3 is 2. The van der Waals surface area contributed by atoms with Crippen molar-refractivity contribution >= 4 is 91.1 Å². The molecule has 0 radical (unpaired) electrons. The molecule has 3 aromatic heterocycles. The topological polar surface area (TPSA) is 110 Å². The lowest BCUT2D eigenvalue weighted by atomic mass is 10.0. The summed E-state index contributed by atoms with van der Waals surface area (Å²) >= 11 is 19.7. The summed E-state index contributed by atoms with van der Waals surface area (Å²) < 4.78 is 9.87. The van der Waals surface area contributed by atoms with Crippen LogP contribution in [0.1, 0.15) is 79.0 Å². The molecule has 5 rings (SSSR count). The summed E-state index contributed by atoms with van der Waals surface area (Å²) in [6.07, 6.45) is 2.59. The van der Waals surface area contributed by atoms with E-state index in [2.05, 4.69) is 16.9 Å². The number of allylic oxidation sites excluding steroid dienone is 4. The van der Waals surface area contributed by atoms with Gasteiger partial charge in [-0.3, -0.25) is 9.59 Å². The number of nitrogens with zero attached hydrogens (tertiary/aromatic N) is 2. The van der Waals surface area contributed by atoms with Gasteiger partial charge in [-0.25, -0.2) is 9.97 Å². The number of nitrogens with one attached hydrogen (secondary N) is 2. The zero-order chi connectivity index (χ0) is 33.1. The van der Waals surface area contributed by atoms with E-state index in [9.17, 15) is 9.59 Å². The van der Waals surface area contributed by atoms with Gasteiger partial charge in [0.05, 0.1) is 47.5 Å². The standard InChI is InChI=1S/C35H37Cl3N4O4/c1-18-22(7-9-33(44)46-5)29-17-27-21(6-8-32(43)45-4)14-31(41-27)34(38)35-20(3)24(11-13-37)30(42-35)16-26-19(2)23(10-12-36)28(39-26)15-25(18)40-29/h14-17,40-41H,6-13H2,1-5H3. The molecule has 0 spiro atoms. The normalized spacial score (nSPS) is 13.0. The molecule has 0 unspecified atom stereocenters. The van der Waals surface area contributed by atoms with E-state index >= 15 is 0 Å². The van der Waals surface area contributed by atoms with Crippen LogP contribution in [0.15, 0.2) is 24.3 Å². The van der Waals surface area contributed by atoms with Gasteiger partial charge in [0.1, 0.15) is 0 Å². The Morgan fingerprint density at radius 1 is 0.696 bits per heavy atom. The van der Waals surface area contributed by atoms with Crippen molar-refractivity contribution in [3.63, 3.8) is 0 Å². The largest absolute Gasteiger partial charge is 0.469 e. The van der Waals surface area contributed by atoms with Crippen molar-refractivity contribution in [1.29, 1.82) is 0 Å². The molecule has 46 heavy (non-hydrogen) atoms. The Balaban J connectivity index is 1.91. The number of H-pyrrole nitrogens is 2. The van der Waals surface area contributed by atoms with Gasteiger partial charge < -0.3 is 19.4 Å². The second-order valence-electron chi connectivity index (χ2n) is 11.4. The van der Waals surface area contributed by atoms with Crippen LogP contribution >= 0.6 is 34.8 Å². The third kappa shape index (κ3) is 6.75. The Labute approximate surface area is 283 Å². The van der Waals surface area contributed by atoms with Gasteiger partial charge in [-0.1, -0.05) is 11.6 Å². The fourth-order valence-electron chi connectivity index (χ4n) is 6.09. The van der Waals surface area contributed by atoms with Crippen molar-refractivity contribution in [1.82, 2.24) is 19.9 Å². The number of fused-ring (bicyclic) bond motifs is 8. The van der Waals surface area contributed by atoms with Crippen molar-refractivity contribution < 1.29 is 19.1 Å². The summed E-state index contributed by atoms with van der Waals surface area (Å²) in [5, 5.41) is 0.456. The predicted octanol–water partition coefficient (Wildman–Crippen LogP) is 8.61. The van der Waals surface area contributed by atoms with Gasteiger partial charge in [-0.05, 0) is 110 Å². The van der Waals surface area contributed by atoms with E-state index in [1.807, 2.05) is 38.1 Å². The Morgan fingerprint density at radius 2 is 1.30 bits per heavy atom. The lowest BCUT2D eigenvalue weighted by molar-refractivity contribution is -0.141. The fraction of sp³-hybridized carbons (Fsp3) is 0.371. The average Bonchev–Trinajstić information content (AvgIpc) is 3.75. The Kier molecular flexibility index (Phi) is 10.6. The first-order chi connectivity index (χ1) is 22.1. The number of carbonyl (C=O) groups excluding carboxylic acids is 2. The first-order valence-corrected chi connectivity index (χ1v) is 16.6. The molecular weight excluding hydrogens is 647 g/mol. The molecule has 2 aliphatic heterocycles. The summed E-state index contributed by atoms with van der Waals surface area (Å²) in [4.78, 5) is 41.5. The van der Waals surface area contributed by atoms with Crippen LogP contribution in [0.25, 0.3) is 44.4 Å². The number of aromatic amines is 2. The molecule has 0 atom stereocenters. The number of alkyl halides is 2. The van der Waals surface area contributed by atoms with Crippen LogP contribution < -0.4 is 0 Å². The molecule has 0 aromatic carbocycles. The van der Waals surface area contributed by atoms with Gasteiger partial charge in [-0.15, -0.1) is 23.2 Å². The highest BCUT2D eigenvalue weighted by Gasteiger charge is 2.23. The van der Waals surface area contributed by atoms with E-state index in [1.165, 1.54) is 14.2 Å². The Hall–Kier alpha value is -3.59. The molecule has 3 aromatic rings. The minimum Gasteiger partial charge on any atom is -0.469 e. The maximum absolute atomic E-state index is 12.2. The summed E-state index contributed by atoms with van der Waals surface area (Å²) in [6.45, 7) is 6.10. The average molecular weight is 684 g/mol. The third-order valence-electron chi connectivity index (χ3n) is 8.73. The predicted molar refractivity (Wildman–Crippen MR) is 187 cm³/mol. The van der Waals surface area contributed by atoms with Crippen LogP contribution in [-0.2, 0) is 31.9 Å². The number of hydrogen-bond donors (Lipinski definition) is 2. The second-order valence-corrected chi connectivity index (χ2v) is 12.5. The maximum atomic E-state index is 12.2. The number of aromatic nitrogens is 4. The van der Waals surface area contributed by atoms with Crippen molar-refractivity contribution in [2.24, 2.45) is 0 Å². The minimum atomic E-state index is -0.308. The molecule has 0 saturated carbocycles. The Bertz CT molecular complexity index is 1940. The fourth-order valence-corrected chi connectivity index (χ4v) is 6.75. The van der Waals surface area contributed by atoms with Gasteiger partial charge in [0.15, 0.2) is 0 Å². The number of rotatable bonds is 10. The molecular formula is C35H37Cl3N4O4. The third-order valence-corrected chi connectivity index (χ3v) is 9.49. The van der Waals surface area contributed by atoms with E-state index < -0.39 is 0 Å². The molecule has 8 bridgehead atoms. The maximum Gasteiger partial charge on any atom is 0.305 e. The molecule has 2 N–H and O–H groups in total. The highest BCUT2D eigenvalue weighted by Crippen LogP contribution is 2.39. The molecule has 0 aliphatic carbocycles. The summed E-state index contributed by atoms with van der Waals surface area (Å²) in [5.74, 6) is 0.280. The lowest BCUT2D eigenvalue weighted by Gasteiger charge is -2.03. The molecule has 0 amide bonds. The quantitative estimate of drug-likeness (QED) is 0.164. The van der Waals surface area contributed by atoms with E-state index in [1.54, 1.807) is 0 Å². The van der Waals surface area contributed by atoms with Crippen LogP contribution in [0.2, 0.25) is 5.02 Å². The van der Waals surface area contributed by atoms with Crippen molar-refractivity contribution in [3.05, 3.63) is 68.8 Å². The molecule has 8 nitrogen and oxygen atoms in total. The lowest BCUT2D eigenvalue weighted by Crippen LogP contribution is -2.02. The van der Waals surface area contributed by atoms with Crippen LogP contribution in [0.4, 0.5) is 0 Å². The van der Waals surface area contributed by atoms with Gasteiger partial charge in [0.2, 0.25) is 0 Å². The molecule has 0 saturated heterocycles. The number of aryl methyl sites for hydroxylation is 3. The van der Waals surface area contributed by atoms with Crippen LogP contribution in [0, 0.1) is 6.92 Å². The second kappa shape index (κ2) is 14.4. The molecule has 242 valence electrons. The molecule has 5 heterocycles. The van der Waals surface area contributed by atoms with E-state index in [4.69, 9.17) is 54.2 Å². The van der Waals surface area contributed by atoms with Crippen molar-refractivity contribution in [2.75, 3.05) is 26.0 Å². The first-order valence-electron chi connectivity index (χ1n) is 15.2. The van der Waals surface area contributed by atoms with E-state index in [-0.39, 0.29) is 24.8 Å². The summed E-state index contributed by atoms with van der Waals surface area (Å²) in [6, 6.07) is 8.01. The van der Waals surface area contributed by atoms with E-state index in [0.29, 0.717) is 53.7 Å². The number of hydrogen-bond acceptors (Lipinski definition) is 6. The Morgan fingerprint density at radius 3 is 1.96 bits per heavy atom. The van der Waals surface area contributed by atoms with Gasteiger partial charge >= 0.3 is 11.9 Å². The van der Waals surface area contributed by atoms with E-state index in [0.717, 1.165) is 72.6 Å². The number of ether oxygens (including phenoxy) is 2. The highest BCUT2D eigenvalue weighted by molar-refractivity contribution is 6.35.